The van der Waals surface area contributed by atoms with Gasteiger partial charge in [-0.3, -0.25) is 9.79 Å². The summed E-state index contributed by atoms with van der Waals surface area (Å²) in [4.78, 5) is 48.0. The summed E-state index contributed by atoms with van der Waals surface area (Å²) in [7, 11) is 3.35. The Labute approximate surface area is 212 Å². The van der Waals surface area contributed by atoms with Crippen LogP contribution in [0.1, 0.15) is 30.8 Å². The molecule has 4 aromatic rings. The van der Waals surface area contributed by atoms with Gasteiger partial charge in [0.1, 0.15) is 29.0 Å². The van der Waals surface area contributed by atoms with Crippen LogP contribution in [0.5, 0.6) is 0 Å². The zero-order valence-corrected chi connectivity index (χ0v) is 20.6. The first kappa shape index (κ1) is 25.5. The normalized spacial score (nSPS) is 11.3. The summed E-state index contributed by atoms with van der Waals surface area (Å²) in [6.07, 6.45) is 7.51. The molecule has 0 atom stereocenters. The zero-order valence-electron chi connectivity index (χ0n) is 20.6. The van der Waals surface area contributed by atoms with Crippen LogP contribution in [0.15, 0.2) is 40.4 Å². The van der Waals surface area contributed by atoms with E-state index < -0.39 is 11.4 Å². The van der Waals surface area contributed by atoms with Crippen LogP contribution in [0, 0.1) is 5.82 Å². The van der Waals surface area contributed by atoms with Crippen LogP contribution in [0.3, 0.4) is 0 Å². The Morgan fingerprint density at radius 3 is 2.73 bits per heavy atom. The zero-order chi connectivity index (χ0) is 26.4. The number of aromatic nitrogens is 5. The maximum Gasteiger partial charge on any atom is 0.261 e. The Morgan fingerprint density at radius 1 is 1.22 bits per heavy atom. The van der Waals surface area contributed by atoms with E-state index in [4.69, 9.17) is 5.73 Å². The van der Waals surface area contributed by atoms with E-state index in [1.165, 1.54) is 6.21 Å². The number of H-pyrrole nitrogens is 2. The molecule has 0 saturated carbocycles. The highest BCUT2D eigenvalue weighted by atomic mass is 19.1. The number of unbranched alkanes of at least 4 members (excludes halogenated alkanes) is 2. The molecule has 3 aromatic heterocycles. The number of hydrogen-bond donors (Lipinski definition) is 4. The highest BCUT2D eigenvalue weighted by Crippen LogP contribution is 2.33. The Bertz CT molecular complexity index is 1480. The second-order valence-corrected chi connectivity index (χ2v) is 8.40. The fourth-order valence-corrected chi connectivity index (χ4v) is 4.01. The number of carbonyl (C=O) groups excluding carboxylic acids is 1. The van der Waals surface area contributed by atoms with E-state index >= 15 is 4.39 Å². The molecule has 4 rings (SSSR count). The summed E-state index contributed by atoms with van der Waals surface area (Å²) in [6, 6.07) is 5.07. The number of aromatic amines is 2. The van der Waals surface area contributed by atoms with Gasteiger partial charge in [-0.15, -0.1) is 0 Å². The Morgan fingerprint density at radius 2 is 2.00 bits per heavy atom. The van der Waals surface area contributed by atoms with E-state index in [0.29, 0.717) is 41.4 Å². The number of benzene rings is 1. The number of anilines is 3. The average Bonchev–Trinajstić information content (AvgIpc) is 3.33. The van der Waals surface area contributed by atoms with E-state index in [1.54, 1.807) is 49.6 Å². The summed E-state index contributed by atoms with van der Waals surface area (Å²) in [5.41, 5.74) is 7.81. The Kier molecular flexibility index (Phi) is 7.86. The molecule has 3 heterocycles. The third-order valence-electron chi connectivity index (χ3n) is 5.87. The van der Waals surface area contributed by atoms with E-state index in [0.717, 1.165) is 19.1 Å². The summed E-state index contributed by atoms with van der Waals surface area (Å²) in [5.74, 6) is 0.142. The van der Waals surface area contributed by atoms with Crippen LogP contribution in [-0.4, -0.2) is 58.1 Å². The Balaban J connectivity index is 1.75. The number of nitrogens with zero attached hydrogens (tertiary/aromatic N) is 5. The van der Waals surface area contributed by atoms with Crippen molar-refractivity contribution in [2.75, 3.05) is 36.6 Å². The van der Waals surface area contributed by atoms with Gasteiger partial charge >= 0.3 is 0 Å². The maximum atomic E-state index is 15.5. The van der Waals surface area contributed by atoms with Gasteiger partial charge in [-0.1, -0.05) is 0 Å². The first-order valence-corrected chi connectivity index (χ1v) is 11.8. The number of halogens is 1. The van der Waals surface area contributed by atoms with Crippen molar-refractivity contribution in [3.05, 3.63) is 58.3 Å². The Hall–Kier alpha value is -4.61. The second kappa shape index (κ2) is 11.4. The lowest BCUT2D eigenvalue weighted by Crippen LogP contribution is -2.19. The molecule has 0 bridgehead atoms. The third kappa shape index (κ3) is 5.47. The molecule has 0 aliphatic rings. The number of hydrogen-bond acceptors (Lipinski definition) is 9. The van der Waals surface area contributed by atoms with Gasteiger partial charge in [0, 0.05) is 45.7 Å². The number of rotatable bonds is 11. The van der Waals surface area contributed by atoms with Gasteiger partial charge in [-0.25, -0.2) is 19.3 Å². The molecule has 37 heavy (non-hydrogen) atoms. The van der Waals surface area contributed by atoms with Gasteiger partial charge in [0.2, 0.25) is 0 Å². The van der Waals surface area contributed by atoms with Crippen molar-refractivity contribution >= 4 is 40.6 Å². The topological polar surface area (TPSA) is 158 Å². The molecular formula is C25H28FN9O2. The van der Waals surface area contributed by atoms with E-state index in [1.807, 2.05) is 0 Å². The smallest absolute Gasteiger partial charge is 0.261 e. The fourth-order valence-electron chi connectivity index (χ4n) is 4.01. The SMILES string of the molecule is CN=Cc1[nH]c(=O)c(-c2nc3c(F)c(N(C)CCCCC=O)ccc3[nH]2)c(NCc2ncccn2)c1N. The van der Waals surface area contributed by atoms with Gasteiger partial charge in [-0.05, 0) is 31.0 Å². The molecule has 0 amide bonds. The van der Waals surface area contributed by atoms with Gasteiger partial charge < -0.3 is 30.7 Å². The number of imidazole rings is 1. The molecule has 0 unspecified atom stereocenters. The van der Waals surface area contributed by atoms with Crippen molar-refractivity contribution in [1.29, 1.82) is 0 Å². The molecule has 0 aliphatic carbocycles. The van der Waals surface area contributed by atoms with Crippen LogP contribution in [0.4, 0.5) is 21.5 Å². The predicted molar refractivity (Wildman–Crippen MR) is 143 cm³/mol. The van der Waals surface area contributed by atoms with Gasteiger partial charge in [0.05, 0.1) is 34.8 Å². The minimum absolute atomic E-state index is 0.0988. The van der Waals surface area contributed by atoms with E-state index in [2.05, 4.69) is 35.2 Å². The lowest BCUT2D eigenvalue weighted by atomic mass is 10.1. The van der Waals surface area contributed by atoms with Crippen molar-refractivity contribution in [2.24, 2.45) is 4.99 Å². The van der Waals surface area contributed by atoms with Crippen LogP contribution < -0.4 is 21.5 Å². The quantitative estimate of drug-likeness (QED) is 0.138. The molecule has 0 fully saturated rings. The molecule has 0 aliphatic heterocycles. The molecule has 11 nitrogen and oxygen atoms in total. The highest BCUT2D eigenvalue weighted by Gasteiger charge is 2.22. The monoisotopic (exact) mass is 505 g/mol. The number of aldehydes is 1. The summed E-state index contributed by atoms with van der Waals surface area (Å²) in [6.45, 7) is 0.775. The average molecular weight is 506 g/mol. The first-order chi connectivity index (χ1) is 17.9. The van der Waals surface area contributed by atoms with Crippen molar-refractivity contribution in [3.8, 4) is 11.4 Å². The van der Waals surface area contributed by atoms with Crippen molar-refractivity contribution in [3.63, 3.8) is 0 Å². The van der Waals surface area contributed by atoms with E-state index in [-0.39, 0.29) is 29.1 Å². The molecule has 192 valence electrons. The molecule has 12 heteroatoms. The van der Waals surface area contributed by atoms with Crippen LogP contribution in [0.2, 0.25) is 0 Å². The minimum atomic E-state index is -0.510. The summed E-state index contributed by atoms with van der Waals surface area (Å²) < 4.78 is 15.5. The van der Waals surface area contributed by atoms with Crippen molar-refractivity contribution in [2.45, 2.75) is 25.8 Å². The molecule has 0 saturated heterocycles. The van der Waals surface area contributed by atoms with Crippen LogP contribution in [-0.2, 0) is 11.3 Å². The van der Waals surface area contributed by atoms with Gasteiger partial charge in [-0.2, -0.15) is 0 Å². The van der Waals surface area contributed by atoms with Crippen molar-refractivity contribution in [1.82, 2.24) is 24.9 Å². The fraction of sp³-hybridized carbons (Fsp3) is 0.280. The number of pyridine rings is 1. The number of nitrogens with one attached hydrogen (secondary N) is 3. The summed E-state index contributed by atoms with van der Waals surface area (Å²) >= 11 is 0. The molecule has 5 N–H and O–H groups in total. The van der Waals surface area contributed by atoms with Crippen LogP contribution in [0.25, 0.3) is 22.4 Å². The minimum Gasteiger partial charge on any atom is -0.395 e. The first-order valence-electron chi connectivity index (χ1n) is 11.8. The van der Waals surface area contributed by atoms with Crippen molar-refractivity contribution < 1.29 is 9.18 Å². The van der Waals surface area contributed by atoms with Gasteiger partial charge in [0.25, 0.3) is 5.56 Å². The second-order valence-electron chi connectivity index (χ2n) is 8.40. The number of nitrogens with two attached hydrogens (primary N) is 1. The lowest BCUT2D eigenvalue weighted by Gasteiger charge is -2.19. The predicted octanol–water partition coefficient (Wildman–Crippen LogP) is 2.90. The highest BCUT2D eigenvalue weighted by molar-refractivity contribution is 5.95. The maximum absolute atomic E-state index is 15.5. The number of aliphatic imine (C=N–C) groups is 1. The molecule has 0 spiro atoms. The largest absolute Gasteiger partial charge is 0.395 e. The van der Waals surface area contributed by atoms with E-state index in [9.17, 15) is 9.59 Å². The van der Waals surface area contributed by atoms with Gasteiger partial charge in [0.15, 0.2) is 5.82 Å². The third-order valence-corrected chi connectivity index (χ3v) is 5.87. The number of carbonyl (C=O) groups is 1. The number of fused-ring (bicyclic) bond motifs is 1. The molecule has 0 radical (unpaired) electrons. The summed E-state index contributed by atoms with van der Waals surface area (Å²) in [5, 5.41) is 3.14. The number of nitrogen functional groups attached to an aromatic ring is 1. The lowest BCUT2D eigenvalue weighted by molar-refractivity contribution is -0.107. The standard InChI is InChI=1S/C25H28FN9O2/c1-28-13-16-21(27)23(31-14-18-29-9-6-10-30-18)19(25(37)33-16)24-32-15-7-8-17(20(26)22(15)34-24)35(2)11-4-3-5-12-36/h6-10,12-13H,3-5,11,14,27H2,1-2H3,(H,32,34)(H2,31,33,37). The molecular weight excluding hydrogens is 477 g/mol. The van der Waals surface area contributed by atoms with Crippen LogP contribution >= 0.6 is 0 Å². The molecule has 1 aromatic carbocycles.